The zero-order valence-electron chi connectivity index (χ0n) is 12.6. The molecule has 4 heteroatoms. The van der Waals surface area contributed by atoms with Gasteiger partial charge in [-0.05, 0) is 69.6 Å². The van der Waals surface area contributed by atoms with Gasteiger partial charge in [-0.2, -0.15) is 0 Å². The molecule has 1 aliphatic rings. The number of nitrogens with zero attached hydrogens (tertiary/aromatic N) is 1. The topological polar surface area (TPSA) is 41.3 Å². The number of thiophene rings is 1. The number of nitrogens with two attached hydrogens (primary N) is 1. The van der Waals surface area contributed by atoms with Gasteiger partial charge in [0.1, 0.15) is 0 Å². The molecule has 1 aromatic rings. The summed E-state index contributed by atoms with van der Waals surface area (Å²) >= 11 is 1.81. The zero-order valence-corrected chi connectivity index (χ0v) is 13.4. The fraction of sp³-hybridized carbons (Fsp3) is 0.733. The van der Waals surface area contributed by atoms with Crippen molar-refractivity contribution in [3.63, 3.8) is 0 Å². The van der Waals surface area contributed by atoms with Gasteiger partial charge in [0.2, 0.25) is 0 Å². The highest BCUT2D eigenvalue weighted by atomic mass is 32.1. The van der Waals surface area contributed by atoms with Gasteiger partial charge in [-0.25, -0.2) is 0 Å². The molecule has 0 spiro atoms. The van der Waals surface area contributed by atoms with Gasteiger partial charge in [0.05, 0.1) is 6.04 Å². The van der Waals surface area contributed by atoms with E-state index in [4.69, 9.17) is 5.84 Å². The number of aryl methyl sites for hydroxylation is 1. The predicted molar refractivity (Wildman–Crippen MR) is 83.2 cm³/mol. The lowest BCUT2D eigenvalue weighted by Crippen LogP contribution is -2.56. The summed E-state index contributed by atoms with van der Waals surface area (Å²) in [5.74, 6) is 6.77. The third-order valence-electron chi connectivity index (χ3n) is 4.82. The Morgan fingerprint density at radius 1 is 1.42 bits per heavy atom. The van der Waals surface area contributed by atoms with Crippen molar-refractivity contribution in [2.75, 3.05) is 14.1 Å². The van der Waals surface area contributed by atoms with Crippen molar-refractivity contribution in [1.82, 2.24) is 10.3 Å². The molecule has 0 bridgehead atoms. The first-order chi connectivity index (χ1) is 8.99. The zero-order chi connectivity index (χ0) is 14.0. The summed E-state index contributed by atoms with van der Waals surface area (Å²) in [7, 11) is 4.39. The maximum Gasteiger partial charge on any atom is 0.0651 e. The summed E-state index contributed by atoms with van der Waals surface area (Å²) in [6, 6.07) is 2.50. The third kappa shape index (κ3) is 2.87. The molecule has 3 nitrogen and oxygen atoms in total. The van der Waals surface area contributed by atoms with E-state index < -0.39 is 0 Å². The molecule has 0 radical (unpaired) electrons. The van der Waals surface area contributed by atoms with E-state index in [1.54, 1.807) is 0 Å². The van der Waals surface area contributed by atoms with Crippen LogP contribution in [0.15, 0.2) is 11.4 Å². The van der Waals surface area contributed by atoms with E-state index in [1.807, 2.05) is 11.3 Å². The number of likely N-dealkylation sites (N-methyl/N-ethyl adjacent to an activating group) is 1. The van der Waals surface area contributed by atoms with Crippen LogP contribution in [0.1, 0.15) is 49.1 Å². The monoisotopic (exact) mass is 281 g/mol. The van der Waals surface area contributed by atoms with Crippen LogP contribution in [0.25, 0.3) is 0 Å². The molecule has 2 rings (SSSR count). The Labute approximate surface area is 121 Å². The number of rotatable bonds is 4. The van der Waals surface area contributed by atoms with Crippen LogP contribution in [-0.2, 0) is 0 Å². The van der Waals surface area contributed by atoms with Crippen molar-refractivity contribution in [2.24, 2.45) is 11.8 Å². The molecule has 1 unspecified atom stereocenters. The second kappa shape index (κ2) is 5.92. The molecule has 1 heterocycles. The van der Waals surface area contributed by atoms with E-state index in [2.05, 4.69) is 49.7 Å². The lowest BCUT2D eigenvalue weighted by atomic mass is 9.71. The van der Waals surface area contributed by atoms with Crippen LogP contribution in [0.3, 0.4) is 0 Å². The molecule has 1 aliphatic carbocycles. The Bertz CT molecular complexity index is 405. The van der Waals surface area contributed by atoms with Crippen molar-refractivity contribution < 1.29 is 0 Å². The van der Waals surface area contributed by atoms with E-state index in [1.165, 1.54) is 36.1 Å². The molecule has 19 heavy (non-hydrogen) atoms. The molecular formula is C15H27N3S. The SMILES string of the molecule is Cc1cc(C(NN)C2(N(C)C)CCC(C)CC2)cs1. The normalized spacial score (nSPS) is 29.7. The van der Waals surface area contributed by atoms with Gasteiger partial charge in [-0.15, -0.1) is 11.3 Å². The fourth-order valence-corrected chi connectivity index (χ4v) is 4.16. The summed E-state index contributed by atoms with van der Waals surface area (Å²) in [6.45, 7) is 4.52. The molecule has 0 aliphatic heterocycles. The Balaban J connectivity index is 2.31. The fourth-order valence-electron chi connectivity index (χ4n) is 3.43. The minimum absolute atomic E-state index is 0.148. The largest absolute Gasteiger partial charge is 0.302 e. The maximum atomic E-state index is 5.93. The lowest BCUT2D eigenvalue weighted by molar-refractivity contribution is 0.0430. The summed E-state index contributed by atoms with van der Waals surface area (Å²) in [5, 5.41) is 2.25. The second-order valence-corrected chi connectivity index (χ2v) is 7.39. The van der Waals surface area contributed by atoms with Crippen LogP contribution >= 0.6 is 11.3 Å². The first-order valence-electron chi connectivity index (χ1n) is 7.18. The van der Waals surface area contributed by atoms with E-state index in [9.17, 15) is 0 Å². The lowest BCUT2D eigenvalue weighted by Gasteiger charge is -2.49. The molecule has 108 valence electrons. The van der Waals surface area contributed by atoms with Crippen LogP contribution in [-0.4, -0.2) is 24.5 Å². The van der Waals surface area contributed by atoms with Gasteiger partial charge in [0.25, 0.3) is 0 Å². The summed E-state index contributed by atoms with van der Waals surface area (Å²) in [4.78, 5) is 3.74. The van der Waals surface area contributed by atoms with Crippen LogP contribution in [0, 0.1) is 12.8 Å². The molecule has 0 saturated heterocycles. The Hall–Kier alpha value is -0.420. The van der Waals surface area contributed by atoms with Crippen molar-refractivity contribution >= 4 is 11.3 Å². The van der Waals surface area contributed by atoms with E-state index in [0.29, 0.717) is 0 Å². The van der Waals surface area contributed by atoms with E-state index >= 15 is 0 Å². The summed E-state index contributed by atoms with van der Waals surface area (Å²) in [6.07, 6.45) is 5.01. The molecule has 1 atom stereocenters. The Kier molecular flexibility index (Phi) is 4.66. The number of hydrogen-bond acceptors (Lipinski definition) is 4. The van der Waals surface area contributed by atoms with Gasteiger partial charge in [0.15, 0.2) is 0 Å². The first-order valence-corrected chi connectivity index (χ1v) is 8.06. The molecule has 0 amide bonds. The molecular weight excluding hydrogens is 254 g/mol. The van der Waals surface area contributed by atoms with Crippen LogP contribution in [0.2, 0.25) is 0 Å². The van der Waals surface area contributed by atoms with Crippen molar-refractivity contribution in [1.29, 1.82) is 0 Å². The molecule has 1 saturated carbocycles. The van der Waals surface area contributed by atoms with Gasteiger partial charge >= 0.3 is 0 Å². The smallest absolute Gasteiger partial charge is 0.0651 e. The van der Waals surface area contributed by atoms with Gasteiger partial charge in [-0.3, -0.25) is 11.3 Å². The van der Waals surface area contributed by atoms with Gasteiger partial charge < -0.3 is 4.90 Å². The standard InChI is InChI=1S/C15H27N3S/c1-11-5-7-15(8-6-11,18(3)4)14(17-16)13-9-12(2)19-10-13/h9-11,14,17H,5-8,16H2,1-4H3. The number of nitrogens with one attached hydrogen (secondary N) is 1. The quantitative estimate of drug-likeness (QED) is 0.658. The minimum atomic E-state index is 0.148. The van der Waals surface area contributed by atoms with Gasteiger partial charge in [0, 0.05) is 10.4 Å². The number of hydrogen-bond donors (Lipinski definition) is 2. The van der Waals surface area contributed by atoms with Crippen LogP contribution in [0.5, 0.6) is 0 Å². The van der Waals surface area contributed by atoms with Gasteiger partial charge in [-0.1, -0.05) is 6.92 Å². The Morgan fingerprint density at radius 3 is 2.47 bits per heavy atom. The highest BCUT2D eigenvalue weighted by Gasteiger charge is 2.43. The number of hydrazine groups is 1. The highest BCUT2D eigenvalue weighted by molar-refractivity contribution is 7.10. The van der Waals surface area contributed by atoms with Crippen LogP contribution < -0.4 is 11.3 Å². The first kappa shape index (κ1) is 15.0. The molecule has 1 aromatic heterocycles. The minimum Gasteiger partial charge on any atom is -0.302 e. The second-order valence-electron chi connectivity index (χ2n) is 6.27. The average molecular weight is 281 g/mol. The van der Waals surface area contributed by atoms with E-state index in [0.717, 1.165) is 5.92 Å². The molecule has 3 N–H and O–H groups in total. The molecule has 1 fully saturated rings. The predicted octanol–water partition coefficient (Wildman–Crippen LogP) is 3.07. The summed E-state index contributed by atoms with van der Waals surface area (Å²) in [5.41, 5.74) is 4.59. The summed E-state index contributed by atoms with van der Waals surface area (Å²) < 4.78 is 0. The van der Waals surface area contributed by atoms with Crippen molar-refractivity contribution in [3.05, 3.63) is 21.9 Å². The van der Waals surface area contributed by atoms with Crippen LogP contribution in [0.4, 0.5) is 0 Å². The van der Waals surface area contributed by atoms with E-state index in [-0.39, 0.29) is 11.6 Å². The highest BCUT2D eigenvalue weighted by Crippen LogP contribution is 2.44. The van der Waals surface area contributed by atoms with Crippen molar-refractivity contribution in [2.45, 2.75) is 51.1 Å². The molecule has 0 aromatic carbocycles. The third-order valence-corrected chi connectivity index (χ3v) is 5.70. The van der Waals surface area contributed by atoms with Crippen molar-refractivity contribution in [3.8, 4) is 0 Å². The Morgan fingerprint density at radius 2 is 2.05 bits per heavy atom. The maximum absolute atomic E-state index is 5.93. The average Bonchev–Trinajstić information content (AvgIpc) is 2.79.